The summed E-state index contributed by atoms with van der Waals surface area (Å²) in [6.07, 6.45) is 0.0936. The van der Waals surface area contributed by atoms with Gasteiger partial charge in [-0.25, -0.2) is 9.78 Å². The summed E-state index contributed by atoms with van der Waals surface area (Å²) in [5, 5.41) is 14.7. The van der Waals surface area contributed by atoms with Crippen LogP contribution < -0.4 is 10.9 Å². The van der Waals surface area contributed by atoms with Crippen molar-refractivity contribution in [2.45, 2.75) is 32.1 Å². The van der Waals surface area contributed by atoms with Crippen molar-refractivity contribution >= 4 is 44.4 Å². The summed E-state index contributed by atoms with van der Waals surface area (Å²) in [6, 6.07) is 9.03. The third-order valence-electron chi connectivity index (χ3n) is 5.95. The lowest BCUT2D eigenvalue weighted by Crippen LogP contribution is -2.44. The van der Waals surface area contributed by atoms with Gasteiger partial charge in [-0.05, 0) is 30.7 Å². The van der Waals surface area contributed by atoms with Crippen molar-refractivity contribution in [3.05, 3.63) is 57.4 Å². The van der Waals surface area contributed by atoms with Crippen molar-refractivity contribution in [2.24, 2.45) is 0 Å². The Bertz CT molecular complexity index is 1350. The molecule has 1 aromatic carbocycles. The molecule has 9 heteroatoms. The van der Waals surface area contributed by atoms with E-state index in [1.54, 1.807) is 29.7 Å². The number of aromatic nitrogens is 2. The van der Waals surface area contributed by atoms with Gasteiger partial charge in [0.1, 0.15) is 6.61 Å². The first-order valence-electron chi connectivity index (χ1n) is 9.83. The number of esters is 1. The molecule has 4 heterocycles. The number of nitrogens with one attached hydrogen (secondary N) is 1. The Balaban J connectivity index is 1.71. The Morgan fingerprint density at radius 3 is 2.90 bits per heavy atom. The van der Waals surface area contributed by atoms with E-state index in [0.717, 1.165) is 10.9 Å². The number of cyclic esters (lactones) is 1. The first-order valence-corrected chi connectivity index (χ1v) is 10.9. The molecule has 0 aliphatic carbocycles. The highest BCUT2D eigenvalue weighted by atomic mass is 79.9. The molecule has 2 aromatic heterocycles. The summed E-state index contributed by atoms with van der Waals surface area (Å²) in [4.78, 5) is 42.1. The molecule has 158 valence electrons. The Kier molecular flexibility index (Phi) is 4.49. The fourth-order valence-corrected chi connectivity index (χ4v) is 4.44. The Morgan fingerprint density at radius 2 is 2.16 bits per heavy atom. The molecule has 1 atom stereocenters. The van der Waals surface area contributed by atoms with Gasteiger partial charge in [-0.2, -0.15) is 0 Å². The zero-order chi connectivity index (χ0) is 21.9. The largest absolute Gasteiger partial charge is 0.458 e. The van der Waals surface area contributed by atoms with E-state index in [9.17, 15) is 19.5 Å². The van der Waals surface area contributed by atoms with Gasteiger partial charge in [0.25, 0.3) is 5.56 Å². The lowest BCUT2D eigenvalue weighted by molar-refractivity contribution is -0.172. The molecule has 0 saturated carbocycles. The maximum atomic E-state index is 13.2. The van der Waals surface area contributed by atoms with Crippen LogP contribution in [0.25, 0.3) is 22.3 Å². The number of anilines is 1. The lowest BCUT2D eigenvalue weighted by atomic mass is 9.86. The third kappa shape index (κ3) is 2.84. The second-order valence-electron chi connectivity index (χ2n) is 7.65. The molecule has 2 aliphatic heterocycles. The molecule has 0 spiro atoms. The lowest BCUT2D eigenvalue weighted by Gasteiger charge is -2.31. The number of rotatable bonds is 3. The first kappa shape index (κ1) is 19.9. The standard InChI is InChI=1S/C22H18BrN3O5/c1-2-22(30)14-7-17-19-11(9-26(17)20(28)13(14)10-31-21(22)29)6-12-15(24-18(27)8-23)4-3-5-16(12)25-19/h3-7,30H,2,8-10H2,1H3,(H,24,27)/t22-/m0/s1. The number of alkyl halides is 1. The predicted molar refractivity (Wildman–Crippen MR) is 117 cm³/mol. The SMILES string of the molecule is CC[C@@]1(O)C(=O)OCc2c1cc1n(c2=O)Cc2cc3c(NC(=O)CBr)cccc3nc2-1. The maximum Gasteiger partial charge on any atom is 0.343 e. The fraction of sp³-hybridized carbons (Fsp3) is 0.273. The number of fused-ring (bicyclic) bond motifs is 5. The van der Waals surface area contributed by atoms with Gasteiger partial charge in [-0.1, -0.05) is 28.9 Å². The number of hydrogen-bond acceptors (Lipinski definition) is 6. The number of halogens is 1. The number of hydrogen-bond donors (Lipinski definition) is 2. The molecule has 0 radical (unpaired) electrons. The van der Waals surface area contributed by atoms with Crippen LogP contribution in [-0.2, 0) is 33.1 Å². The molecule has 1 amide bonds. The van der Waals surface area contributed by atoms with E-state index < -0.39 is 11.6 Å². The Hall–Kier alpha value is -3.04. The topological polar surface area (TPSA) is 111 Å². The first-order chi connectivity index (χ1) is 14.9. The Morgan fingerprint density at radius 1 is 1.35 bits per heavy atom. The van der Waals surface area contributed by atoms with E-state index in [-0.39, 0.29) is 41.0 Å². The van der Waals surface area contributed by atoms with Gasteiger partial charge in [0, 0.05) is 16.5 Å². The van der Waals surface area contributed by atoms with E-state index in [0.29, 0.717) is 29.1 Å². The highest BCUT2D eigenvalue weighted by molar-refractivity contribution is 9.09. The Labute approximate surface area is 185 Å². The molecule has 8 nitrogen and oxygen atoms in total. The summed E-state index contributed by atoms with van der Waals surface area (Å²) in [5.41, 5.74) is 1.71. The van der Waals surface area contributed by atoms with E-state index >= 15 is 0 Å². The highest BCUT2D eigenvalue weighted by Gasteiger charge is 2.45. The smallest absolute Gasteiger partial charge is 0.343 e. The summed E-state index contributed by atoms with van der Waals surface area (Å²) >= 11 is 3.14. The molecule has 5 rings (SSSR count). The second kappa shape index (κ2) is 7.00. The molecule has 2 N–H and O–H groups in total. The summed E-state index contributed by atoms with van der Waals surface area (Å²) in [7, 11) is 0. The maximum absolute atomic E-state index is 13.2. The van der Waals surface area contributed by atoms with Crippen LogP contribution in [0.4, 0.5) is 5.69 Å². The summed E-state index contributed by atoms with van der Waals surface area (Å²) in [6.45, 7) is 1.81. The van der Waals surface area contributed by atoms with Gasteiger partial charge in [0.05, 0.1) is 40.0 Å². The van der Waals surface area contributed by atoms with E-state index in [4.69, 9.17) is 9.72 Å². The van der Waals surface area contributed by atoms with Crippen LogP contribution in [0.1, 0.15) is 30.0 Å². The molecular weight excluding hydrogens is 466 g/mol. The highest BCUT2D eigenvalue weighted by Crippen LogP contribution is 2.39. The molecule has 2 aliphatic rings. The fourth-order valence-electron chi connectivity index (χ4n) is 4.30. The van der Waals surface area contributed by atoms with Crippen LogP contribution >= 0.6 is 15.9 Å². The van der Waals surface area contributed by atoms with E-state index in [2.05, 4.69) is 21.2 Å². The van der Waals surface area contributed by atoms with Crippen molar-refractivity contribution < 1.29 is 19.4 Å². The van der Waals surface area contributed by atoms with Crippen molar-refractivity contribution in [3.63, 3.8) is 0 Å². The number of ether oxygens (including phenoxy) is 1. The molecule has 0 fully saturated rings. The number of amides is 1. The van der Waals surface area contributed by atoms with Crippen LogP contribution in [-0.4, -0.2) is 31.9 Å². The van der Waals surface area contributed by atoms with Crippen LogP contribution in [0.5, 0.6) is 0 Å². The minimum Gasteiger partial charge on any atom is -0.458 e. The minimum absolute atomic E-state index is 0.0936. The van der Waals surface area contributed by atoms with Crippen molar-refractivity contribution in [2.75, 3.05) is 10.6 Å². The molecule has 0 bridgehead atoms. The van der Waals surface area contributed by atoms with Gasteiger partial charge in [-0.3, -0.25) is 9.59 Å². The summed E-state index contributed by atoms with van der Waals surface area (Å²) in [5.74, 6) is -0.924. The number of carbonyl (C=O) groups excluding carboxylic acids is 2. The molecule has 3 aromatic rings. The van der Waals surface area contributed by atoms with Crippen LogP contribution in [0.3, 0.4) is 0 Å². The number of nitrogens with zero attached hydrogens (tertiary/aromatic N) is 2. The van der Waals surface area contributed by atoms with Crippen LogP contribution in [0, 0.1) is 0 Å². The predicted octanol–water partition coefficient (Wildman–Crippen LogP) is 2.41. The minimum atomic E-state index is -1.85. The van der Waals surface area contributed by atoms with Crippen molar-refractivity contribution in [3.8, 4) is 11.4 Å². The average Bonchev–Trinajstić information content (AvgIpc) is 3.13. The van der Waals surface area contributed by atoms with Crippen LogP contribution in [0.15, 0.2) is 35.1 Å². The van der Waals surface area contributed by atoms with Crippen molar-refractivity contribution in [1.82, 2.24) is 9.55 Å². The van der Waals surface area contributed by atoms with Gasteiger partial charge < -0.3 is 19.7 Å². The number of carbonyl (C=O) groups is 2. The van der Waals surface area contributed by atoms with E-state index in [1.807, 2.05) is 12.1 Å². The quantitative estimate of drug-likeness (QED) is 0.342. The zero-order valence-corrected chi connectivity index (χ0v) is 18.2. The molecule has 0 saturated heterocycles. The van der Waals surface area contributed by atoms with Crippen LogP contribution in [0.2, 0.25) is 0 Å². The number of benzene rings is 1. The molecule has 31 heavy (non-hydrogen) atoms. The van der Waals surface area contributed by atoms with Gasteiger partial charge in [0.2, 0.25) is 5.91 Å². The number of pyridine rings is 2. The molecular formula is C22H18BrN3O5. The molecule has 0 unspecified atom stereocenters. The van der Waals surface area contributed by atoms with E-state index in [1.165, 1.54) is 0 Å². The van der Waals surface area contributed by atoms with Gasteiger partial charge in [0.15, 0.2) is 5.60 Å². The zero-order valence-electron chi connectivity index (χ0n) is 16.6. The summed E-state index contributed by atoms with van der Waals surface area (Å²) < 4.78 is 6.68. The second-order valence-corrected chi connectivity index (χ2v) is 8.21. The normalized spacial score (nSPS) is 18.9. The third-order valence-corrected chi connectivity index (χ3v) is 6.46. The van der Waals surface area contributed by atoms with Gasteiger partial charge >= 0.3 is 5.97 Å². The monoisotopic (exact) mass is 483 g/mol. The van der Waals surface area contributed by atoms with Gasteiger partial charge in [-0.15, -0.1) is 0 Å². The number of aliphatic hydroxyl groups is 1. The average molecular weight is 484 g/mol. The van der Waals surface area contributed by atoms with Crippen molar-refractivity contribution in [1.29, 1.82) is 0 Å².